The van der Waals surface area contributed by atoms with Crippen molar-refractivity contribution in [2.75, 3.05) is 13.1 Å². The van der Waals surface area contributed by atoms with E-state index in [-0.39, 0.29) is 11.5 Å². The first-order valence-electron chi connectivity index (χ1n) is 9.46. The number of nitrogens with two attached hydrogens (primary N) is 1. The number of aryl methyl sites for hydroxylation is 1. The summed E-state index contributed by atoms with van der Waals surface area (Å²) in [6.07, 6.45) is 1.08. The summed E-state index contributed by atoms with van der Waals surface area (Å²) in [6.45, 7) is 12.1. The number of hydrogen-bond donors (Lipinski definition) is 1. The summed E-state index contributed by atoms with van der Waals surface area (Å²) in [6, 6.07) is 18.2. The van der Waals surface area contributed by atoms with Crippen LogP contribution in [0.1, 0.15) is 55.4 Å². The maximum atomic E-state index is 6.40. The molecule has 1 aliphatic heterocycles. The number of hydrogen-bond acceptors (Lipinski definition) is 2. The van der Waals surface area contributed by atoms with Crippen LogP contribution in [0.25, 0.3) is 0 Å². The first-order valence-corrected chi connectivity index (χ1v) is 9.46. The topological polar surface area (TPSA) is 29.3 Å². The van der Waals surface area contributed by atoms with Gasteiger partial charge in [0.25, 0.3) is 0 Å². The second-order valence-corrected chi connectivity index (χ2v) is 8.69. The van der Waals surface area contributed by atoms with E-state index in [1.807, 2.05) is 0 Å². The van der Waals surface area contributed by atoms with E-state index in [9.17, 15) is 0 Å². The van der Waals surface area contributed by atoms with Crippen LogP contribution in [-0.4, -0.2) is 24.0 Å². The molecule has 0 spiro atoms. The summed E-state index contributed by atoms with van der Waals surface area (Å²) in [5, 5.41) is 0. The summed E-state index contributed by atoms with van der Waals surface area (Å²) in [4.78, 5) is 2.53. The van der Waals surface area contributed by atoms with Gasteiger partial charge in [0.1, 0.15) is 0 Å². The Hall–Kier alpha value is -1.64. The van der Waals surface area contributed by atoms with Crippen molar-refractivity contribution < 1.29 is 0 Å². The molecule has 2 atom stereocenters. The fraction of sp³-hybridized carbons (Fsp3) is 0.478. The summed E-state index contributed by atoms with van der Waals surface area (Å²) in [5.74, 6) is 0.529. The third-order valence-corrected chi connectivity index (χ3v) is 5.46. The summed E-state index contributed by atoms with van der Waals surface area (Å²) in [5.41, 5.74) is 12.2. The lowest BCUT2D eigenvalue weighted by Gasteiger charge is -2.37. The van der Waals surface area contributed by atoms with Crippen LogP contribution in [0.4, 0.5) is 0 Å². The SMILES string of the molecule is Cc1ccccc1CN1CC(N)CC(c2ccc(C(C)(C)C)cc2)C1. The smallest absolute Gasteiger partial charge is 0.0237 e. The lowest BCUT2D eigenvalue weighted by atomic mass is 9.83. The molecule has 0 aliphatic carbocycles. The molecule has 1 saturated heterocycles. The van der Waals surface area contributed by atoms with Crippen LogP contribution in [-0.2, 0) is 12.0 Å². The van der Waals surface area contributed by atoms with Gasteiger partial charge < -0.3 is 5.73 Å². The molecule has 0 saturated carbocycles. The van der Waals surface area contributed by atoms with Crippen molar-refractivity contribution in [2.24, 2.45) is 5.73 Å². The molecule has 2 N–H and O–H groups in total. The quantitative estimate of drug-likeness (QED) is 0.887. The van der Waals surface area contributed by atoms with Gasteiger partial charge in [-0.15, -0.1) is 0 Å². The van der Waals surface area contributed by atoms with Gasteiger partial charge in [-0.3, -0.25) is 4.90 Å². The molecule has 2 aromatic rings. The normalized spacial score (nSPS) is 22.1. The predicted octanol–water partition coefficient (Wildman–Crippen LogP) is 4.61. The summed E-state index contributed by atoms with van der Waals surface area (Å²) in [7, 11) is 0. The fourth-order valence-corrected chi connectivity index (χ4v) is 3.89. The number of rotatable bonds is 3. The van der Waals surface area contributed by atoms with Crippen LogP contribution in [0, 0.1) is 6.92 Å². The second kappa shape index (κ2) is 7.31. The standard InChI is InChI=1S/C23H32N2/c1-17-7-5-6-8-19(17)14-25-15-20(13-22(24)16-25)18-9-11-21(12-10-18)23(2,3)4/h5-12,20,22H,13-16,24H2,1-4H3. The Balaban J connectivity index is 1.73. The number of piperidine rings is 1. The Bertz CT molecular complexity index is 697. The molecule has 1 fully saturated rings. The molecule has 0 amide bonds. The van der Waals surface area contributed by atoms with Crippen LogP contribution in [0.3, 0.4) is 0 Å². The van der Waals surface area contributed by atoms with Crippen molar-refractivity contribution in [1.29, 1.82) is 0 Å². The third kappa shape index (κ3) is 4.50. The maximum absolute atomic E-state index is 6.40. The van der Waals surface area contributed by atoms with Gasteiger partial charge >= 0.3 is 0 Å². The lowest BCUT2D eigenvalue weighted by molar-refractivity contribution is 0.181. The highest BCUT2D eigenvalue weighted by molar-refractivity contribution is 5.30. The van der Waals surface area contributed by atoms with E-state index in [1.165, 1.54) is 22.3 Å². The first-order chi connectivity index (χ1) is 11.8. The molecule has 134 valence electrons. The van der Waals surface area contributed by atoms with Crippen molar-refractivity contribution in [3.63, 3.8) is 0 Å². The molecular weight excluding hydrogens is 304 g/mol. The van der Waals surface area contributed by atoms with Gasteiger partial charge in [0.2, 0.25) is 0 Å². The van der Waals surface area contributed by atoms with Gasteiger partial charge in [-0.25, -0.2) is 0 Å². The maximum Gasteiger partial charge on any atom is 0.0237 e. The Labute approximate surface area is 153 Å². The molecular formula is C23H32N2. The van der Waals surface area contributed by atoms with Crippen LogP contribution < -0.4 is 5.73 Å². The van der Waals surface area contributed by atoms with Crippen molar-refractivity contribution in [3.05, 3.63) is 70.8 Å². The molecule has 0 radical (unpaired) electrons. The van der Waals surface area contributed by atoms with Crippen LogP contribution >= 0.6 is 0 Å². The zero-order chi connectivity index (χ0) is 18.0. The zero-order valence-corrected chi connectivity index (χ0v) is 16.1. The van der Waals surface area contributed by atoms with Crippen molar-refractivity contribution >= 4 is 0 Å². The average molecular weight is 337 g/mol. The van der Waals surface area contributed by atoms with E-state index in [1.54, 1.807) is 0 Å². The molecule has 3 rings (SSSR count). The van der Waals surface area contributed by atoms with E-state index >= 15 is 0 Å². The Morgan fingerprint density at radius 1 is 1.00 bits per heavy atom. The van der Waals surface area contributed by atoms with Crippen LogP contribution in [0.5, 0.6) is 0 Å². The van der Waals surface area contributed by atoms with Gasteiger partial charge in [-0.2, -0.15) is 0 Å². The Morgan fingerprint density at radius 3 is 2.32 bits per heavy atom. The van der Waals surface area contributed by atoms with E-state index < -0.39 is 0 Å². The van der Waals surface area contributed by atoms with Crippen molar-refractivity contribution in [2.45, 2.75) is 58.0 Å². The Morgan fingerprint density at radius 2 is 1.68 bits per heavy atom. The van der Waals surface area contributed by atoms with Crippen LogP contribution in [0.15, 0.2) is 48.5 Å². The van der Waals surface area contributed by atoms with Crippen molar-refractivity contribution in [3.8, 4) is 0 Å². The largest absolute Gasteiger partial charge is 0.327 e. The highest BCUT2D eigenvalue weighted by Crippen LogP contribution is 2.30. The molecule has 25 heavy (non-hydrogen) atoms. The highest BCUT2D eigenvalue weighted by atomic mass is 15.1. The number of nitrogens with zero attached hydrogens (tertiary/aromatic N) is 1. The minimum atomic E-state index is 0.207. The van der Waals surface area contributed by atoms with Gasteiger partial charge in [0, 0.05) is 25.7 Å². The predicted molar refractivity (Wildman–Crippen MR) is 107 cm³/mol. The van der Waals surface area contributed by atoms with E-state index in [4.69, 9.17) is 5.73 Å². The monoisotopic (exact) mass is 336 g/mol. The van der Waals surface area contributed by atoms with Gasteiger partial charge in [-0.1, -0.05) is 69.3 Å². The van der Waals surface area contributed by atoms with E-state index in [0.717, 1.165) is 26.1 Å². The molecule has 1 aliphatic rings. The molecule has 2 nitrogen and oxygen atoms in total. The summed E-state index contributed by atoms with van der Waals surface area (Å²) < 4.78 is 0. The number of likely N-dealkylation sites (tertiary alicyclic amines) is 1. The third-order valence-electron chi connectivity index (χ3n) is 5.46. The van der Waals surface area contributed by atoms with Crippen LogP contribution in [0.2, 0.25) is 0 Å². The Kier molecular flexibility index (Phi) is 5.31. The molecule has 2 unspecified atom stereocenters. The first kappa shape index (κ1) is 18.2. The van der Waals surface area contributed by atoms with E-state index in [2.05, 4.69) is 81.1 Å². The van der Waals surface area contributed by atoms with Gasteiger partial charge in [-0.05, 0) is 46.9 Å². The summed E-state index contributed by atoms with van der Waals surface area (Å²) >= 11 is 0. The number of benzene rings is 2. The highest BCUT2D eigenvalue weighted by Gasteiger charge is 2.26. The molecule has 0 aromatic heterocycles. The van der Waals surface area contributed by atoms with Gasteiger partial charge in [0.05, 0.1) is 0 Å². The molecule has 0 bridgehead atoms. The van der Waals surface area contributed by atoms with Gasteiger partial charge in [0.15, 0.2) is 0 Å². The second-order valence-electron chi connectivity index (χ2n) is 8.69. The molecule has 2 heteroatoms. The molecule has 1 heterocycles. The lowest BCUT2D eigenvalue weighted by Crippen LogP contribution is -2.45. The molecule has 2 aromatic carbocycles. The fourth-order valence-electron chi connectivity index (χ4n) is 3.89. The van der Waals surface area contributed by atoms with Crippen molar-refractivity contribution in [1.82, 2.24) is 4.90 Å². The zero-order valence-electron chi connectivity index (χ0n) is 16.1. The van der Waals surface area contributed by atoms with E-state index in [0.29, 0.717) is 5.92 Å². The average Bonchev–Trinajstić information content (AvgIpc) is 2.56. The minimum absolute atomic E-state index is 0.207. The minimum Gasteiger partial charge on any atom is -0.327 e.